The van der Waals surface area contributed by atoms with Crippen molar-refractivity contribution in [3.63, 3.8) is 0 Å². The number of halogens is 2. The van der Waals surface area contributed by atoms with Crippen molar-refractivity contribution < 1.29 is 31.4 Å². The number of methoxy groups -OCH3 is 2. The van der Waals surface area contributed by atoms with Crippen LogP contribution in [0, 0.1) is 11.6 Å². The van der Waals surface area contributed by atoms with Crippen molar-refractivity contribution in [2.45, 2.75) is 54.6 Å². The average Bonchev–Trinajstić information content (AvgIpc) is 2.89. The quantitative estimate of drug-likeness (QED) is 0.474. The predicted molar refractivity (Wildman–Crippen MR) is 137 cm³/mol. The molecular weight excluding hydrogens is 502 g/mol. The summed E-state index contributed by atoms with van der Waals surface area (Å²) < 4.78 is 74.4. The molecule has 2 N–H and O–H groups in total. The Bertz CT molecular complexity index is 1150. The highest BCUT2D eigenvalue weighted by molar-refractivity contribution is 7.92. The van der Waals surface area contributed by atoms with Gasteiger partial charge in [-0.3, -0.25) is 0 Å². The molecule has 2 aromatic carbocycles. The largest absolute Gasteiger partial charge is 0.381 e. The fraction of sp³-hybridized carbons (Fsp3) is 0.556. The zero-order valence-corrected chi connectivity index (χ0v) is 22.3. The SMILES string of the molecule is COC(CNC1(c2cc(F)c(CC3[C@H](C)NC[C@@H](c4ccccc4)S3(=O)=O)cc2F)CCOCC1)OC. The van der Waals surface area contributed by atoms with Crippen LogP contribution in [0.4, 0.5) is 8.78 Å². The van der Waals surface area contributed by atoms with E-state index in [1.165, 1.54) is 20.3 Å². The highest BCUT2D eigenvalue weighted by atomic mass is 32.2. The standard InChI is InChI=1S/C27H36F2N2O5S/c1-18-24(37(32,33)25(16-30-18)19-7-5-4-6-8-19)14-20-13-23(29)21(15-22(20)28)27(9-11-36-12-10-27)31-17-26(34-2)35-3/h4-8,13,15,18,24-26,30-31H,9-12,14,16-17H2,1-3H3/t18-,24?,25-/m0/s1. The molecule has 0 bridgehead atoms. The normalized spacial score (nSPS) is 25.3. The number of hydrogen-bond acceptors (Lipinski definition) is 7. The van der Waals surface area contributed by atoms with E-state index in [0.29, 0.717) is 31.6 Å². The molecule has 0 saturated carbocycles. The van der Waals surface area contributed by atoms with Gasteiger partial charge in [-0.25, -0.2) is 17.2 Å². The minimum absolute atomic E-state index is 0.0473. The molecule has 204 valence electrons. The summed E-state index contributed by atoms with van der Waals surface area (Å²) in [6.45, 7) is 3.12. The summed E-state index contributed by atoms with van der Waals surface area (Å²) in [6.07, 6.45) is 0.219. The van der Waals surface area contributed by atoms with E-state index in [0.717, 1.165) is 6.07 Å². The summed E-state index contributed by atoms with van der Waals surface area (Å²) in [5.41, 5.74) is 0.0713. The Morgan fingerprint density at radius 1 is 1.11 bits per heavy atom. The smallest absolute Gasteiger partial charge is 0.169 e. The number of benzene rings is 2. The molecule has 4 rings (SSSR count). The van der Waals surface area contributed by atoms with Gasteiger partial charge in [0.2, 0.25) is 0 Å². The summed E-state index contributed by atoms with van der Waals surface area (Å²) in [5, 5.41) is 4.94. The van der Waals surface area contributed by atoms with E-state index in [1.54, 1.807) is 31.2 Å². The lowest BCUT2D eigenvalue weighted by atomic mass is 9.81. The van der Waals surface area contributed by atoms with Gasteiger partial charge in [-0.15, -0.1) is 0 Å². The third kappa shape index (κ3) is 5.89. The molecule has 0 amide bonds. The van der Waals surface area contributed by atoms with Gasteiger partial charge in [-0.2, -0.15) is 0 Å². The summed E-state index contributed by atoms with van der Waals surface area (Å²) in [6, 6.07) is 10.9. The van der Waals surface area contributed by atoms with E-state index in [2.05, 4.69) is 10.6 Å². The van der Waals surface area contributed by atoms with Crippen molar-refractivity contribution in [3.8, 4) is 0 Å². The maximum atomic E-state index is 15.7. The van der Waals surface area contributed by atoms with Gasteiger partial charge in [0.05, 0.1) is 16.0 Å². The molecule has 0 aliphatic carbocycles. The Morgan fingerprint density at radius 3 is 2.43 bits per heavy atom. The fourth-order valence-electron chi connectivity index (χ4n) is 5.43. The predicted octanol–water partition coefficient (Wildman–Crippen LogP) is 3.24. The lowest BCUT2D eigenvalue weighted by Crippen LogP contribution is -2.53. The third-order valence-corrected chi connectivity index (χ3v) is 10.4. The van der Waals surface area contributed by atoms with Crippen LogP contribution in [0.3, 0.4) is 0 Å². The Kier molecular flexibility index (Phi) is 8.98. The van der Waals surface area contributed by atoms with Crippen LogP contribution < -0.4 is 10.6 Å². The molecule has 3 atom stereocenters. The molecule has 0 aromatic heterocycles. The van der Waals surface area contributed by atoms with Crippen molar-refractivity contribution in [2.24, 2.45) is 0 Å². The second-order valence-electron chi connectivity index (χ2n) is 9.83. The molecule has 2 saturated heterocycles. The maximum Gasteiger partial charge on any atom is 0.169 e. The van der Waals surface area contributed by atoms with Crippen molar-refractivity contribution in [2.75, 3.05) is 40.5 Å². The van der Waals surface area contributed by atoms with Crippen molar-refractivity contribution in [1.82, 2.24) is 10.6 Å². The number of hydrogen-bond donors (Lipinski definition) is 2. The van der Waals surface area contributed by atoms with Gasteiger partial charge in [0.25, 0.3) is 0 Å². The van der Waals surface area contributed by atoms with E-state index < -0.39 is 49.8 Å². The maximum absolute atomic E-state index is 15.7. The second-order valence-corrected chi connectivity index (χ2v) is 12.2. The van der Waals surface area contributed by atoms with Crippen molar-refractivity contribution >= 4 is 9.84 Å². The Hall–Kier alpha value is -1.95. The van der Waals surface area contributed by atoms with Crippen LogP contribution in [0.25, 0.3) is 0 Å². The zero-order valence-electron chi connectivity index (χ0n) is 21.5. The average molecular weight is 539 g/mol. The number of sulfone groups is 1. The topological polar surface area (TPSA) is 85.9 Å². The number of nitrogens with one attached hydrogen (secondary N) is 2. The van der Waals surface area contributed by atoms with E-state index in [4.69, 9.17) is 14.2 Å². The lowest BCUT2D eigenvalue weighted by Gasteiger charge is -2.40. The fourth-order valence-corrected chi connectivity index (χ4v) is 7.80. The molecule has 0 radical (unpaired) electrons. The molecular formula is C27H36F2N2O5S. The highest BCUT2D eigenvalue weighted by Crippen LogP contribution is 2.37. The van der Waals surface area contributed by atoms with E-state index in [9.17, 15) is 8.42 Å². The van der Waals surface area contributed by atoms with E-state index in [1.807, 2.05) is 6.07 Å². The van der Waals surface area contributed by atoms with Crippen LogP contribution in [0.15, 0.2) is 42.5 Å². The highest BCUT2D eigenvalue weighted by Gasteiger charge is 2.43. The van der Waals surface area contributed by atoms with Gasteiger partial charge in [-0.1, -0.05) is 30.3 Å². The molecule has 7 nitrogen and oxygen atoms in total. The van der Waals surface area contributed by atoms with Gasteiger partial charge in [0, 0.05) is 52.1 Å². The van der Waals surface area contributed by atoms with Gasteiger partial charge < -0.3 is 24.8 Å². The second kappa shape index (κ2) is 11.8. The van der Waals surface area contributed by atoms with E-state index >= 15 is 8.78 Å². The molecule has 2 aromatic rings. The van der Waals surface area contributed by atoms with Crippen LogP contribution in [0.5, 0.6) is 0 Å². The first-order valence-corrected chi connectivity index (χ1v) is 14.2. The van der Waals surface area contributed by atoms with Gasteiger partial charge >= 0.3 is 0 Å². The Morgan fingerprint density at radius 2 is 1.78 bits per heavy atom. The van der Waals surface area contributed by atoms with Crippen molar-refractivity contribution in [1.29, 1.82) is 0 Å². The van der Waals surface area contributed by atoms with Gasteiger partial charge in [-0.05, 0) is 49.4 Å². The van der Waals surface area contributed by atoms with Crippen LogP contribution in [-0.2, 0) is 36.0 Å². The first kappa shape index (κ1) is 28.1. The van der Waals surface area contributed by atoms with Crippen LogP contribution in [0.2, 0.25) is 0 Å². The molecule has 2 aliphatic rings. The van der Waals surface area contributed by atoms with Crippen LogP contribution >= 0.6 is 0 Å². The molecule has 0 spiro atoms. The molecule has 2 aliphatic heterocycles. The van der Waals surface area contributed by atoms with Crippen LogP contribution in [-0.4, -0.2) is 66.5 Å². The van der Waals surface area contributed by atoms with Crippen LogP contribution in [0.1, 0.15) is 41.7 Å². The third-order valence-electron chi connectivity index (χ3n) is 7.72. The first-order valence-electron chi connectivity index (χ1n) is 12.6. The minimum atomic E-state index is -3.67. The number of rotatable bonds is 9. The molecule has 2 heterocycles. The van der Waals surface area contributed by atoms with Crippen molar-refractivity contribution in [3.05, 3.63) is 70.8 Å². The van der Waals surface area contributed by atoms with Gasteiger partial charge in [0.15, 0.2) is 16.1 Å². The lowest BCUT2D eigenvalue weighted by molar-refractivity contribution is -0.105. The molecule has 37 heavy (non-hydrogen) atoms. The Labute approximate surface area is 217 Å². The Balaban J connectivity index is 1.62. The first-order chi connectivity index (χ1) is 17.7. The summed E-state index contributed by atoms with van der Waals surface area (Å²) in [4.78, 5) is 0. The molecule has 2 fully saturated rings. The number of ether oxygens (including phenoxy) is 3. The van der Waals surface area contributed by atoms with Gasteiger partial charge in [0.1, 0.15) is 11.6 Å². The summed E-state index contributed by atoms with van der Waals surface area (Å²) in [5.74, 6) is -1.20. The minimum Gasteiger partial charge on any atom is -0.381 e. The molecule has 10 heteroatoms. The summed E-state index contributed by atoms with van der Waals surface area (Å²) in [7, 11) is -0.643. The monoisotopic (exact) mass is 538 g/mol. The molecule has 1 unspecified atom stereocenters. The zero-order chi connectivity index (χ0) is 26.6. The summed E-state index contributed by atoms with van der Waals surface area (Å²) >= 11 is 0. The van der Waals surface area contributed by atoms with E-state index in [-0.39, 0.29) is 30.6 Å².